The first kappa shape index (κ1) is 25.2. The van der Waals surface area contributed by atoms with Gasteiger partial charge in [0, 0.05) is 24.0 Å². The number of carbonyl (C=O) groups excluding carboxylic acids is 1. The Morgan fingerprint density at radius 2 is 1.57 bits per heavy atom. The fourth-order valence-corrected chi connectivity index (χ4v) is 6.23. The molecule has 1 amide bonds. The van der Waals surface area contributed by atoms with Crippen LogP contribution in [0.4, 0.5) is 0 Å². The standard InChI is InChI=1S/C27H29ClN2O4S/c1-2-34-24-14-13-23(28)19-25(24)35(32,33)30-17-15-22(16-18-30)27(31)29-26(20-9-5-3-6-10-20)21-11-7-4-8-12-21/h3-14,19,22,26H,2,15-18H2,1H3,(H,29,31). The van der Waals surface area contributed by atoms with Gasteiger partial charge in [0.1, 0.15) is 10.6 Å². The van der Waals surface area contributed by atoms with Gasteiger partial charge in [0.15, 0.2) is 0 Å². The van der Waals surface area contributed by atoms with Gasteiger partial charge in [-0.2, -0.15) is 4.31 Å². The summed E-state index contributed by atoms with van der Waals surface area (Å²) in [5, 5.41) is 3.52. The number of piperidine rings is 1. The van der Waals surface area contributed by atoms with E-state index < -0.39 is 10.0 Å². The van der Waals surface area contributed by atoms with E-state index in [2.05, 4.69) is 5.32 Å². The molecule has 0 aromatic heterocycles. The molecule has 8 heteroatoms. The van der Waals surface area contributed by atoms with Gasteiger partial charge in [0.2, 0.25) is 15.9 Å². The Labute approximate surface area is 211 Å². The van der Waals surface area contributed by atoms with Gasteiger partial charge in [-0.25, -0.2) is 8.42 Å². The third kappa shape index (κ3) is 5.86. The number of rotatable bonds is 8. The summed E-state index contributed by atoms with van der Waals surface area (Å²) in [4.78, 5) is 13.3. The minimum absolute atomic E-state index is 0.0583. The molecule has 0 atom stereocenters. The molecule has 3 aromatic carbocycles. The Bertz CT molecular complexity index is 1210. The number of ether oxygens (including phenoxy) is 1. The van der Waals surface area contributed by atoms with E-state index >= 15 is 0 Å². The van der Waals surface area contributed by atoms with Crippen LogP contribution in [-0.2, 0) is 14.8 Å². The smallest absolute Gasteiger partial charge is 0.246 e. The highest BCUT2D eigenvalue weighted by molar-refractivity contribution is 7.89. The molecule has 0 bridgehead atoms. The molecule has 1 aliphatic heterocycles. The van der Waals surface area contributed by atoms with Gasteiger partial charge >= 0.3 is 0 Å². The molecule has 1 saturated heterocycles. The lowest BCUT2D eigenvalue weighted by Gasteiger charge is -2.32. The average Bonchev–Trinajstić information content (AvgIpc) is 2.89. The van der Waals surface area contributed by atoms with E-state index in [0.717, 1.165) is 11.1 Å². The van der Waals surface area contributed by atoms with E-state index in [1.54, 1.807) is 19.1 Å². The number of hydrogen-bond donors (Lipinski definition) is 1. The second-order valence-electron chi connectivity index (χ2n) is 8.47. The van der Waals surface area contributed by atoms with Crippen LogP contribution in [0.1, 0.15) is 36.9 Å². The Morgan fingerprint density at radius 1 is 1.00 bits per heavy atom. The largest absolute Gasteiger partial charge is 0.492 e. The number of hydrogen-bond acceptors (Lipinski definition) is 4. The van der Waals surface area contributed by atoms with Crippen LogP contribution in [0.3, 0.4) is 0 Å². The molecule has 1 N–H and O–H groups in total. The van der Waals surface area contributed by atoms with E-state index in [-0.39, 0.29) is 41.6 Å². The SMILES string of the molecule is CCOc1ccc(Cl)cc1S(=O)(=O)N1CCC(C(=O)NC(c2ccccc2)c2ccccc2)CC1. The average molecular weight is 513 g/mol. The van der Waals surface area contributed by atoms with Crippen molar-refractivity contribution in [2.45, 2.75) is 30.7 Å². The van der Waals surface area contributed by atoms with Crippen LogP contribution in [0.25, 0.3) is 0 Å². The van der Waals surface area contributed by atoms with Crippen molar-refractivity contribution in [1.82, 2.24) is 9.62 Å². The zero-order chi connectivity index (χ0) is 24.8. The topological polar surface area (TPSA) is 75.7 Å². The summed E-state index contributed by atoms with van der Waals surface area (Å²) in [5.41, 5.74) is 1.99. The van der Waals surface area contributed by atoms with Crippen molar-refractivity contribution in [1.29, 1.82) is 0 Å². The number of sulfonamides is 1. The Hall–Kier alpha value is -2.87. The van der Waals surface area contributed by atoms with Crippen molar-refractivity contribution in [2.75, 3.05) is 19.7 Å². The van der Waals surface area contributed by atoms with Crippen molar-refractivity contribution in [3.05, 3.63) is 95.0 Å². The normalized spacial score (nSPS) is 15.2. The van der Waals surface area contributed by atoms with Gasteiger partial charge in [0.25, 0.3) is 0 Å². The van der Waals surface area contributed by atoms with Crippen LogP contribution in [-0.4, -0.2) is 38.3 Å². The number of nitrogens with zero attached hydrogens (tertiary/aromatic N) is 1. The molecule has 3 aromatic rings. The highest BCUT2D eigenvalue weighted by Crippen LogP contribution is 2.32. The number of nitrogens with one attached hydrogen (secondary N) is 1. The Kier molecular flexibility index (Phi) is 8.11. The van der Waals surface area contributed by atoms with Crippen molar-refractivity contribution in [3.63, 3.8) is 0 Å². The van der Waals surface area contributed by atoms with E-state index in [1.165, 1.54) is 10.4 Å². The number of benzene rings is 3. The van der Waals surface area contributed by atoms with Crippen LogP contribution >= 0.6 is 11.6 Å². The van der Waals surface area contributed by atoms with E-state index in [9.17, 15) is 13.2 Å². The molecule has 0 spiro atoms. The van der Waals surface area contributed by atoms with Crippen molar-refractivity contribution in [3.8, 4) is 5.75 Å². The molecule has 6 nitrogen and oxygen atoms in total. The number of carbonyl (C=O) groups is 1. The van der Waals surface area contributed by atoms with E-state index in [4.69, 9.17) is 16.3 Å². The summed E-state index contributed by atoms with van der Waals surface area (Å²) in [5.74, 6) is -0.0649. The van der Waals surface area contributed by atoms with Gasteiger partial charge in [-0.05, 0) is 49.1 Å². The first-order valence-corrected chi connectivity index (χ1v) is 13.5. The van der Waals surface area contributed by atoms with Crippen LogP contribution in [0.2, 0.25) is 5.02 Å². The van der Waals surface area contributed by atoms with Gasteiger partial charge < -0.3 is 10.1 Å². The van der Waals surface area contributed by atoms with Crippen molar-refractivity contribution < 1.29 is 17.9 Å². The molecule has 184 valence electrons. The monoisotopic (exact) mass is 512 g/mol. The van der Waals surface area contributed by atoms with Crippen LogP contribution in [0, 0.1) is 5.92 Å². The van der Waals surface area contributed by atoms with Gasteiger partial charge in [0.05, 0.1) is 12.6 Å². The van der Waals surface area contributed by atoms with Crippen LogP contribution < -0.4 is 10.1 Å². The zero-order valence-corrected chi connectivity index (χ0v) is 21.1. The maximum atomic E-state index is 13.3. The third-order valence-electron chi connectivity index (χ3n) is 6.20. The lowest BCUT2D eigenvalue weighted by atomic mass is 9.94. The molecule has 1 heterocycles. The molecule has 35 heavy (non-hydrogen) atoms. The summed E-state index contributed by atoms with van der Waals surface area (Å²) < 4.78 is 33.6. The molecule has 4 rings (SSSR count). The van der Waals surface area contributed by atoms with Crippen LogP contribution in [0.5, 0.6) is 5.75 Å². The second-order valence-corrected chi connectivity index (χ2v) is 10.8. The fraction of sp³-hybridized carbons (Fsp3) is 0.296. The van der Waals surface area contributed by atoms with E-state index in [1.807, 2.05) is 60.7 Å². The molecule has 1 fully saturated rings. The first-order chi connectivity index (χ1) is 16.9. The van der Waals surface area contributed by atoms with Gasteiger partial charge in [-0.15, -0.1) is 0 Å². The lowest BCUT2D eigenvalue weighted by molar-refractivity contribution is -0.126. The maximum absolute atomic E-state index is 13.3. The molecule has 0 aliphatic carbocycles. The minimum atomic E-state index is -3.80. The van der Waals surface area contributed by atoms with E-state index in [0.29, 0.717) is 24.5 Å². The minimum Gasteiger partial charge on any atom is -0.492 e. The summed E-state index contributed by atoms with van der Waals surface area (Å²) in [6, 6.07) is 24.0. The summed E-state index contributed by atoms with van der Waals surface area (Å²) in [6.07, 6.45) is 0.873. The fourth-order valence-electron chi connectivity index (χ4n) is 4.37. The summed E-state index contributed by atoms with van der Waals surface area (Å²) in [7, 11) is -3.80. The first-order valence-electron chi connectivity index (χ1n) is 11.7. The maximum Gasteiger partial charge on any atom is 0.246 e. The number of halogens is 1. The predicted octanol–water partition coefficient (Wildman–Crippen LogP) is 5.05. The lowest BCUT2D eigenvalue weighted by Crippen LogP contribution is -2.43. The molecular formula is C27H29ClN2O4S. The van der Waals surface area contributed by atoms with Crippen molar-refractivity contribution >= 4 is 27.5 Å². The van der Waals surface area contributed by atoms with Crippen LogP contribution in [0.15, 0.2) is 83.8 Å². The third-order valence-corrected chi connectivity index (χ3v) is 8.36. The summed E-state index contributed by atoms with van der Waals surface area (Å²) >= 11 is 6.08. The Balaban J connectivity index is 1.46. The quantitative estimate of drug-likeness (QED) is 0.458. The van der Waals surface area contributed by atoms with Crippen molar-refractivity contribution in [2.24, 2.45) is 5.92 Å². The molecular weight excluding hydrogens is 484 g/mol. The molecule has 0 saturated carbocycles. The molecule has 0 radical (unpaired) electrons. The highest BCUT2D eigenvalue weighted by Gasteiger charge is 2.34. The highest BCUT2D eigenvalue weighted by atomic mass is 35.5. The summed E-state index contributed by atoms with van der Waals surface area (Å²) in [6.45, 7) is 2.64. The Morgan fingerprint density at radius 3 is 2.11 bits per heavy atom. The molecule has 0 unspecified atom stereocenters. The number of amides is 1. The van der Waals surface area contributed by atoms with Gasteiger partial charge in [-0.3, -0.25) is 4.79 Å². The molecule has 1 aliphatic rings. The second kappa shape index (κ2) is 11.2. The zero-order valence-electron chi connectivity index (χ0n) is 19.6. The van der Waals surface area contributed by atoms with Gasteiger partial charge in [-0.1, -0.05) is 72.3 Å². The predicted molar refractivity (Wildman–Crippen MR) is 137 cm³/mol.